The molecular weight excluding hydrogens is 380 g/mol. The van der Waals surface area contributed by atoms with Gasteiger partial charge in [-0.1, -0.05) is 24.3 Å². The molecule has 30 heavy (non-hydrogen) atoms. The van der Waals surface area contributed by atoms with Gasteiger partial charge >= 0.3 is 0 Å². The highest BCUT2D eigenvalue weighted by Crippen LogP contribution is 2.29. The average Bonchev–Trinajstić information content (AvgIpc) is 3.30. The van der Waals surface area contributed by atoms with Crippen molar-refractivity contribution >= 4 is 17.5 Å². The van der Waals surface area contributed by atoms with E-state index in [2.05, 4.69) is 16.7 Å². The van der Waals surface area contributed by atoms with Crippen LogP contribution in [0.25, 0.3) is 0 Å². The van der Waals surface area contributed by atoms with Gasteiger partial charge in [0.15, 0.2) is 6.61 Å². The van der Waals surface area contributed by atoms with Crippen LogP contribution in [-0.4, -0.2) is 37.7 Å². The fourth-order valence-electron chi connectivity index (χ4n) is 4.11. The molecule has 0 radical (unpaired) electrons. The summed E-state index contributed by atoms with van der Waals surface area (Å²) in [5, 5.41) is 5.71. The molecule has 4 rings (SSSR count). The largest absolute Gasteiger partial charge is 0.483 e. The second-order valence-electron chi connectivity index (χ2n) is 7.83. The van der Waals surface area contributed by atoms with Crippen molar-refractivity contribution in [1.82, 2.24) is 5.32 Å². The first-order valence-corrected chi connectivity index (χ1v) is 10.7. The van der Waals surface area contributed by atoms with Crippen LogP contribution in [0.2, 0.25) is 0 Å². The number of para-hydroxylation sites is 1. The molecule has 1 aliphatic heterocycles. The Balaban J connectivity index is 1.35. The summed E-state index contributed by atoms with van der Waals surface area (Å²) in [5.74, 6) is 0.271. The zero-order valence-electron chi connectivity index (χ0n) is 17.1. The van der Waals surface area contributed by atoms with Crippen LogP contribution in [0.5, 0.6) is 5.75 Å². The first-order valence-electron chi connectivity index (χ1n) is 10.7. The fraction of sp³-hybridized carbons (Fsp3) is 0.417. The molecule has 0 bridgehead atoms. The van der Waals surface area contributed by atoms with Crippen molar-refractivity contribution in [3.05, 3.63) is 59.2 Å². The minimum Gasteiger partial charge on any atom is -0.483 e. The monoisotopic (exact) mass is 408 g/mol. The molecule has 1 atom stereocenters. The predicted octanol–water partition coefficient (Wildman–Crippen LogP) is 3.49. The number of hydrogen-bond donors (Lipinski definition) is 2. The van der Waals surface area contributed by atoms with Gasteiger partial charge in [0.05, 0.1) is 17.4 Å². The summed E-state index contributed by atoms with van der Waals surface area (Å²) >= 11 is 0. The lowest BCUT2D eigenvalue weighted by molar-refractivity contribution is -0.118. The Labute approximate surface area is 177 Å². The van der Waals surface area contributed by atoms with Crippen molar-refractivity contribution < 1.29 is 19.1 Å². The summed E-state index contributed by atoms with van der Waals surface area (Å²) in [7, 11) is 0. The van der Waals surface area contributed by atoms with Gasteiger partial charge in [0.1, 0.15) is 5.75 Å². The van der Waals surface area contributed by atoms with Crippen LogP contribution in [0.1, 0.15) is 47.2 Å². The third-order valence-electron chi connectivity index (χ3n) is 5.67. The van der Waals surface area contributed by atoms with E-state index in [0.717, 1.165) is 44.5 Å². The maximum absolute atomic E-state index is 12.6. The highest BCUT2D eigenvalue weighted by atomic mass is 16.5. The van der Waals surface area contributed by atoms with Gasteiger partial charge in [0, 0.05) is 13.2 Å². The minimum absolute atomic E-state index is 0.0703. The molecule has 6 nitrogen and oxygen atoms in total. The molecular formula is C24H28N2O4. The Kier molecular flexibility index (Phi) is 6.64. The predicted molar refractivity (Wildman–Crippen MR) is 115 cm³/mol. The molecule has 2 aromatic rings. The Morgan fingerprint density at radius 2 is 1.90 bits per heavy atom. The number of fused-ring (bicyclic) bond motifs is 1. The quantitative estimate of drug-likeness (QED) is 0.735. The third-order valence-corrected chi connectivity index (χ3v) is 5.67. The number of amides is 2. The number of carbonyl (C=O) groups excluding carboxylic acids is 2. The molecule has 0 saturated carbocycles. The lowest BCUT2D eigenvalue weighted by Gasteiger charge is -2.19. The smallest absolute Gasteiger partial charge is 0.262 e. The van der Waals surface area contributed by atoms with E-state index in [4.69, 9.17) is 9.47 Å². The van der Waals surface area contributed by atoms with Crippen LogP contribution in [0.3, 0.4) is 0 Å². The van der Waals surface area contributed by atoms with Crippen molar-refractivity contribution in [2.24, 2.45) is 0 Å². The van der Waals surface area contributed by atoms with Crippen molar-refractivity contribution in [3.8, 4) is 5.75 Å². The molecule has 158 valence electrons. The van der Waals surface area contributed by atoms with E-state index in [9.17, 15) is 9.59 Å². The summed E-state index contributed by atoms with van der Waals surface area (Å²) in [6.45, 7) is 1.13. The Morgan fingerprint density at radius 1 is 1.03 bits per heavy atom. The normalized spacial score (nSPS) is 17.8. The highest BCUT2D eigenvalue weighted by molar-refractivity contribution is 6.04. The van der Waals surface area contributed by atoms with Crippen LogP contribution in [-0.2, 0) is 22.4 Å². The lowest BCUT2D eigenvalue weighted by atomic mass is 9.91. The van der Waals surface area contributed by atoms with Gasteiger partial charge in [0.2, 0.25) is 0 Å². The number of anilines is 1. The fourth-order valence-corrected chi connectivity index (χ4v) is 4.11. The van der Waals surface area contributed by atoms with Crippen LogP contribution in [0, 0.1) is 0 Å². The molecule has 0 aromatic heterocycles. The van der Waals surface area contributed by atoms with E-state index >= 15 is 0 Å². The number of nitrogens with one attached hydrogen (secondary N) is 2. The Morgan fingerprint density at radius 3 is 2.77 bits per heavy atom. The summed E-state index contributed by atoms with van der Waals surface area (Å²) in [6.07, 6.45) is 6.45. The maximum atomic E-state index is 12.6. The van der Waals surface area contributed by atoms with E-state index in [1.54, 1.807) is 24.3 Å². The van der Waals surface area contributed by atoms with Crippen molar-refractivity contribution in [1.29, 1.82) is 0 Å². The topological polar surface area (TPSA) is 76.7 Å². The highest BCUT2D eigenvalue weighted by Gasteiger charge is 2.19. The Hall–Kier alpha value is -2.86. The molecule has 6 heteroatoms. The molecule has 2 aliphatic rings. The summed E-state index contributed by atoms with van der Waals surface area (Å²) in [4.78, 5) is 25.1. The second-order valence-corrected chi connectivity index (χ2v) is 7.83. The summed E-state index contributed by atoms with van der Waals surface area (Å²) < 4.78 is 11.4. The van der Waals surface area contributed by atoms with Crippen LogP contribution in [0.4, 0.5) is 5.69 Å². The van der Waals surface area contributed by atoms with E-state index in [-0.39, 0.29) is 24.5 Å². The summed E-state index contributed by atoms with van der Waals surface area (Å²) in [6, 6.07) is 13.0. The number of aryl methyl sites for hydroxylation is 1. The SMILES string of the molecule is O=C(COc1cccc2c1CCCC2)Nc1ccccc1C(=O)NCC1CCCO1. The molecule has 1 saturated heterocycles. The van der Waals surface area contributed by atoms with Crippen molar-refractivity contribution in [2.45, 2.75) is 44.6 Å². The van der Waals surface area contributed by atoms with Gasteiger partial charge in [-0.05, 0) is 67.9 Å². The first-order chi connectivity index (χ1) is 14.7. The molecule has 1 fully saturated rings. The van der Waals surface area contributed by atoms with E-state index < -0.39 is 0 Å². The van der Waals surface area contributed by atoms with Gasteiger partial charge in [-0.15, -0.1) is 0 Å². The van der Waals surface area contributed by atoms with Crippen LogP contribution in [0.15, 0.2) is 42.5 Å². The number of ether oxygens (including phenoxy) is 2. The number of benzene rings is 2. The standard InChI is InChI=1S/C24H28N2O4/c27-23(16-30-22-13-5-8-17-7-1-2-10-19(17)22)26-21-12-4-3-11-20(21)24(28)25-15-18-9-6-14-29-18/h3-5,8,11-13,18H,1-2,6-7,9-10,14-16H2,(H,25,28)(H,26,27). The van der Waals surface area contributed by atoms with Crippen LogP contribution >= 0.6 is 0 Å². The zero-order chi connectivity index (χ0) is 20.8. The zero-order valence-corrected chi connectivity index (χ0v) is 17.1. The summed E-state index contributed by atoms with van der Waals surface area (Å²) in [5.41, 5.74) is 3.44. The van der Waals surface area contributed by atoms with E-state index in [0.29, 0.717) is 17.8 Å². The van der Waals surface area contributed by atoms with Gasteiger partial charge in [-0.2, -0.15) is 0 Å². The van der Waals surface area contributed by atoms with E-state index in [1.807, 2.05) is 12.1 Å². The third kappa shape index (κ3) is 5.00. The number of hydrogen-bond acceptors (Lipinski definition) is 4. The molecule has 1 heterocycles. The van der Waals surface area contributed by atoms with Crippen LogP contribution < -0.4 is 15.4 Å². The van der Waals surface area contributed by atoms with Gasteiger partial charge in [0.25, 0.3) is 11.8 Å². The maximum Gasteiger partial charge on any atom is 0.262 e. The first kappa shape index (κ1) is 20.4. The van der Waals surface area contributed by atoms with Crippen molar-refractivity contribution in [2.75, 3.05) is 25.1 Å². The van der Waals surface area contributed by atoms with E-state index in [1.165, 1.54) is 17.5 Å². The minimum atomic E-state index is -0.289. The van der Waals surface area contributed by atoms with Gasteiger partial charge in [-0.25, -0.2) is 0 Å². The number of rotatable bonds is 7. The molecule has 2 aromatic carbocycles. The Bertz CT molecular complexity index is 906. The lowest BCUT2D eigenvalue weighted by Crippen LogP contribution is -2.32. The molecule has 0 spiro atoms. The van der Waals surface area contributed by atoms with Gasteiger partial charge < -0.3 is 20.1 Å². The van der Waals surface area contributed by atoms with Crippen molar-refractivity contribution in [3.63, 3.8) is 0 Å². The van der Waals surface area contributed by atoms with Gasteiger partial charge in [-0.3, -0.25) is 9.59 Å². The molecule has 1 unspecified atom stereocenters. The molecule has 2 N–H and O–H groups in total. The average molecular weight is 408 g/mol. The number of carbonyl (C=O) groups is 2. The molecule has 2 amide bonds. The molecule has 1 aliphatic carbocycles. The second kappa shape index (κ2) is 9.76.